The third-order valence-corrected chi connectivity index (χ3v) is 19.6. The number of hydrogen-bond donors (Lipinski definition) is 28. The van der Waals surface area contributed by atoms with Gasteiger partial charge in [0.15, 0.2) is 0 Å². The fourth-order valence-electron chi connectivity index (χ4n) is 12.3. The Balaban J connectivity index is 1.85. The quantitative estimate of drug-likeness (QED) is 0.0216. The molecular weight excluding hydrogens is 1680 g/mol. The van der Waals surface area contributed by atoms with Gasteiger partial charge in [-0.2, -0.15) is 12.6 Å². The van der Waals surface area contributed by atoms with Crippen molar-refractivity contribution in [3.05, 3.63) is 71.8 Å². The number of unbranched alkanes of at least 4 members (excludes halogenated alkanes) is 1. The molecule has 1 aliphatic heterocycles. The van der Waals surface area contributed by atoms with E-state index in [2.05, 4.69) is 76.4 Å². The third-order valence-electron chi connectivity index (χ3n) is 19.2. The molecule has 49 heteroatoms. The number of hydrogen-bond acceptors (Lipinski definition) is 29. The maximum atomic E-state index is 14.4. The number of carboxylic acids is 5. The van der Waals surface area contributed by atoms with E-state index in [0.29, 0.717) is 17.5 Å². The zero-order chi connectivity index (χ0) is 94.2. The summed E-state index contributed by atoms with van der Waals surface area (Å²) >= 11 is 3.95. The van der Waals surface area contributed by atoms with Crippen molar-refractivity contribution >= 4 is 131 Å². The minimum absolute atomic E-state index is 0.0296. The first-order valence-electron chi connectivity index (χ1n) is 39.5. The molecule has 48 nitrogen and oxygen atoms in total. The number of carbonyl (C=O) groups is 20. The number of rotatable bonds is 56. The molecule has 0 bridgehead atoms. The van der Waals surface area contributed by atoms with E-state index in [0.717, 1.165) is 25.7 Å². The number of likely N-dealkylation sites (tertiary alicyclic amines) is 1. The molecule has 19 atom stereocenters. The Morgan fingerprint density at radius 1 is 0.392 bits per heavy atom. The molecule has 3 rings (SSSR count). The number of carbonyl (C=O) groups excluding carboxylic acids is 15. The molecular formula is C76H113N17O31S. The van der Waals surface area contributed by atoms with E-state index in [1.807, 2.05) is 10.6 Å². The van der Waals surface area contributed by atoms with Gasteiger partial charge in [0.1, 0.15) is 90.6 Å². The fraction of sp³-hybridized carbons (Fsp3) is 0.579. The van der Waals surface area contributed by atoms with Crippen LogP contribution in [0.25, 0.3) is 0 Å². The van der Waals surface area contributed by atoms with Gasteiger partial charge in [0.05, 0.1) is 57.0 Å². The van der Waals surface area contributed by atoms with Crippen molar-refractivity contribution < 1.29 is 152 Å². The molecule has 0 spiro atoms. The summed E-state index contributed by atoms with van der Waals surface area (Å²) in [5.41, 5.74) is 11.9. The third kappa shape index (κ3) is 36.3. The Morgan fingerprint density at radius 2 is 0.720 bits per heavy atom. The summed E-state index contributed by atoms with van der Waals surface area (Å²) in [6, 6.07) is -14.5. The highest BCUT2D eigenvalue weighted by molar-refractivity contribution is 7.80. The summed E-state index contributed by atoms with van der Waals surface area (Å²) in [6.45, 7) is 1.92. The summed E-state index contributed by atoms with van der Waals surface area (Å²) in [6.07, 6.45) is -11.8. The number of carboxylic acid groups (broad SMARTS) is 5. The molecule has 2 aromatic carbocycles. The number of thiol groups is 1. The highest BCUT2D eigenvalue weighted by atomic mass is 32.1. The van der Waals surface area contributed by atoms with Crippen LogP contribution in [-0.2, 0) is 109 Å². The maximum Gasteiger partial charge on any atom is 0.326 e. The average molecular weight is 1790 g/mol. The Hall–Kier alpha value is -12.1. The second kappa shape index (κ2) is 53.8. The zero-order valence-corrected chi connectivity index (χ0v) is 69.8. The summed E-state index contributed by atoms with van der Waals surface area (Å²) in [5, 5.41) is 143. The van der Waals surface area contributed by atoms with E-state index < -0.39 is 304 Å². The summed E-state index contributed by atoms with van der Waals surface area (Å²) in [7, 11) is 0. The molecule has 29 N–H and O–H groups in total. The highest BCUT2D eigenvalue weighted by Gasteiger charge is 2.44. The number of aliphatic carboxylic acids is 5. The molecule has 15 amide bonds. The Bertz CT molecular complexity index is 4080. The van der Waals surface area contributed by atoms with Crippen LogP contribution in [0.15, 0.2) is 60.7 Å². The highest BCUT2D eigenvalue weighted by Crippen LogP contribution is 2.21. The molecule has 125 heavy (non-hydrogen) atoms. The van der Waals surface area contributed by atoms with Crippen molar-refractivity contribution in [1.82, 2.24) is 79.3 Å². The lowest BCUT2D eigenvalue weighted by Crippen LogP contribution is -2.63. The van der Waals surface area contributed by atoms with Crippen LogP contribution in [0, 0.1) is 5.92 Å². The predicted octanol–water partition coefficient (Wildman–Crippen LogP) is -10.8. The van der Waals surface area contributed by atoms with Crippen molar-refractivity contribution in [3.63, 3.8) is 0 Å². The lowest BCUT2D eigenvalue weighted by atomic mass is 10.0. The van der Waals surface area contributed by atoms with Crippen LogP contribution in [0.2, 0.25) is 0 Å². The van der Waals surface area contributed by atoms with E-state index in [1.165, 1.54) is 50.2 Å². The topological polar surface area (TPSA) is 788 Å². The lowest BCUT2D eigenvalue weighted by molar-refractivity contribution is -0.147. The van der Waals surface area contributed by atoms with E-state index >= 15 is 0 Å². The van der Waals surface area contributed by atoms with Gasteiger partial charge in [0.2, 0.25) is 88.6 Å². The van der Waals surface area contributed by atoms with Gasteiger partial charge in [-0.1, -0.05) is 74.5 Å². The minimum Gasteiger partial charge on any atom is -0.481 e. The second-order valence-electron chi connectivity index (χ2n) is 29.6. The van der Waals surface area contributed by atoms with Gasteiger partial charge in [0, 0.05) is 38.0 Å². The Labute approximate surface area is 720 Å². The largest absolute Gasteiger partial charge is 0.481 e. The number of amides is 15. The first kappa shape index (κ1) is 107. The molecule has 1 aliphatic rings. The van der Waals surface area contributed by atoms with Crippen LogP contribution in [-0.4, -0.2) is 333 Å². The molecule has 1 fully saturated rings. The number of nitrogens with two attached hydrogens (primary N) is 2. The number of benzene rings is 2. The zero-order valence-electron chi connectivity index (χ0n) is 68.9. The van der Waals surface area contributed by atoms with Crippen LogP contribution < -0.4 is 85.9 Å². The first-order valence-corrected chi connectivity index (χ1v) is 40.1. The number of aliphatic hydroxyl groups is 6. The first-order chi connectivity index (χ1) is 58.8. The Morgan fingerprint density at radius 3 is 1.12 bits per heavy atom. The molecule has 0 aromatic heterocycles. The van der Waals surface area contributed by atoms with Crippen molar-refractivity contribution in [1.29, 1.82) is 0 Å². The predicted molar refractivity (Wildman–Crippen MR) is 434 cm³/mol. The number of aliphatic hydroxyl groups excluding tert-OH is 6. The van der Waals surface area contributed by atoms with E-state index in [4.69, 9.17) is 11.5 Å². The van der Waals surface area contributed by atoms with Crippen molar-refractivity contribution in [2.45, 2.75) is 233 Å². The van der Waals surface area contributed by atoms with E-state index in [1.54, 1.807) is 24.3 Å². The second-order valence-corrected chi connectivity index (χ2v) is 30.0. The molecule has 1 saturated heterocycles. The van der Waals surface area contributed by atoms with Gasteiger partial charge in [0.25, 0.3) is 0 Å². The molecule has 2 aromatic rings. The Kier molecular flexibility index (Phi) is 46.1. The molecule has 0 radical (unpaired) electrons. The van der Waals surface area contributed by atoms with E-state index in [9.17, 15) is 152 Å². The van der Waals surface area contributed by atoms with Gasteiger partial charge >= 0.3 is 29.8 Å². The summed E-state index contributed by atoms with van der Waals surface area (Å²) in [4.78, 5) is 269. The standard InChI is InChI=1S/C76H113N17O31S/c1-35(2)57(89-61(108)41(78)34-125)71(118)87-49(31-94)67(114)84-47(29-55(104)105)66(113)83-46(28-40-17-10-7-11-18-40)65(112)86-51(33-96)69(116)90-58(36(3)97)73(120)88-50(32-95)68(115)85-48(30-56(106)107)75(122)93-26-14-20-52(93)70(117)91-60(38(5)99)74(121)92-59(37(4)98)72(119)80-43(22-24-54(102)103)63(110)82-45(27-39-15-8-6-9-16-39)64(111)79-42(21-23-53(100)101)62(109)81-44(76(123)124)19-12-13-25-77/h6-11,15-18,35-38,41-52,57-60,94-99,125H,12-14,19-34,77-78H2,1-5H3,(H,79,111)(H,80,119)(H,81,109)(H,82,110)(H,83,113)(H,84,114)(H,85,115)(H,86,112)(H,87,118)(H,88,120)(H,89,108)(H,90,116)(H,91,117)(H,92,121)(H,100,101)(H,102,103)(H,104,105)(H,106,107)(H,123,124)/t36-,37-,38-,41+,42+,43+,44+,45+,46+,47+,48+,49+,50+,51+,52+,57+,58+,59+,60+/m1/s1. The normalized spacial score (nSPS) is 16.7. The molecule has 0 aliphatic carbocycles. The molecule has 694 valence electrons. The summed E-state index contributed by atoms with van der Waals surface area (Å²) in [5.74, 6) is -27.8. The van der Waals surface area contributed by atoms with Gasteiger partial charge in [-0.15, -0.1) is 0 Å². The summed E-state index contributed by atoms with van der Waals surface area (Å²) < 4.78 is 0. The van der Waals surface area contributed by atoms with Crippen LogP contribution >= 0.6 is 12.6 Å². The lowest BCUT2D eigenvalue weighted by Gasteiger charge is -2.31. The van der Waals surface area contributed by atoms with Crippen molar-refractivity contribution in [2.75, 3.05) is 38.7 Å². The molecule has 0 saturated carbocycles. The molecule has 1 heterocycles. The van der Waals surface area contributed by atoms with Gasteiger partial charge in [-0.05, 0) is 89.3 Å². The smallest absolute Gasteiger partial charge is 0.326 e. The van der Waals surface area contributed by atoms with Gasteiger partial charge < -0.3 is 147 Å². The van der Waals surface area contributed by atoms with Gasteiger partial charge in [-0.3, -0.25) is 91.1 Å². The monoisotopic (exact) mass is 1790 g/mol. The minimum atomic E-state index is -2.19. The van der Waals surface area contributed by atoms with Crippen molar-refractivity contribution in [3.8, 4) is 0 Å². The van der Waals surface area contributed by atoms with Crippen LogP contribution in [0.5, 0.6) is 0 Å². The SMILES string of the molecule is CC(C)[C@H](NC(=O)[C@@H](N)CS)C(=O)N[C@@H](CO)C(=O)N[C@@H](CC(=O)O)C(=O)N[C@@H](Cc1ccccc1)C(=O)N[C@@H](CO)C(=O)N[C@H](C(=O)N[C@@H](CO)C(=O)N[C@@H](CC(=O)O)C(=O)N1CCC[C@H]1C(=O)N[C@H](C(=O)N[C@H](C(=O)N[C@@H](CCC(=O)O)C(=O)N[C@@H](Cc1ccccc1)C(=O)N[C@@H](CCC(=O)O)C(=O)N[C@@H](CCCCN)C(=O)O)[C@@H](C)O)[C@@H](C)O)[C@@H](C)O. The van der Waals surface area contributed by atoms with Crippen molar-refractivity contribution in [2.24, 2.45) is 17.4 Å². The average Bonchev–Trinajstić information content (AvgIpc) is 1.74. The van der Waals surface area contributed by atoms with Gasteiger partial charge in [-0.25, -0.2) is 4.79 Å². The number of nitrogens with zero attached hydrogens (tertiary/aromatic N) is 1. The number of nitrogens with one attached hydrogen (secondary N) is 14. The maximum absolute atomic E-state index is 14.4. The van der Waals surface area contributed by atoms with Crippen LogP contribution in [0.1, 0.15) is 116 Å². The molecule has 0 unspecified atom stereocenters. The fourth-order valence-corrected chi connectivity index (χ4v) is 12.5. The van der Waals surface area contributed by atoms with E-state index in [-0.39, 0.29) is 50.9 Å². The van der Waals surface area contributed by atoms with Crippen LogP contribution in [0.3, 0.4) is 0 Å². The van der Waals surface area contributed by atoms with Crippen LogP contribution in [0.4, 0.5) is 0 Å².